The van der Waals surface area contributed by atoms with E-state index in [4.69, 9.17) is 0 Å². The molecule has 1 unspecified atom stereocenters. The number of anilines is 1. The quantitative estimate of drug-likeness (QED) is 0.929. The highest BCUT2D eigenvalue weighted by Gasteiger charge is 2.25. The van der Waals surface area contributed by atoms with Gasteiger partial charge in [0.25, 0.3) is 0 Å². The molecule has 1 amide bonds. The topological polar surface area (TPSA) is 50.2 Å². The van der Waals surface area contributed by atoms with Gasteiger partial charge in [-0.15, -0.1) is 0 Å². The summed E-state index contributed by atoms with van der Waals surface area (Å²) in [4.78, 5) is 14.9. The third-order valence-electron chi connectivity index (χ3n) is 5.16. The van der Waals surface area contributed by atoms with E-state index in [9.17, 15) is 4.79 Å². The summed E-state index contributed by atoms with van der Waals surface area (Å²) in [7, 11) is 0. The van der Waals surface area contributed by atoms with E-state index < -0.39 is 0 Å². The normalized spacial score (nSPS) is 22.4. The Morgan fingerprint density at radius 1 is 1.18 bits per heavy atom. The van der Waals surface area contributed by atoms with Crippen LogP contribution in [-0.4, -0.2) is 39.7 Å². The van der Waals surface area contributed by atoms with Crippen molar-refractivity contribution < 1.29 is 4.79 Å². The van der Waals surface area contributed by atoms with Crippen LogP contribution in [0.5, 0.6) is 0 Å². The lowest BCUT2D eigenvalue weighted by molar-refractivity contribution is -0.120. The van der Waals surface area contributed by atoms with Crippen molar-refractivity contribution in [1.29, 1.82) is 0 Å². The molecule has 5 heteroatoms. The smallest absolute Gasteiger partial charge is 0.242 e. The van der Waals surface area contributed by atoms with Gasteiger partial charge in [0.15, 0.2) is 0 Å². The summed E-state index contributed by atoms with van der Waals surface area (Å²) < 4.78 is 2.01. The van der Waals surface area contributed by atoms with Crippen LogP contribution in [0.15, 0.2) is 12.3 Å². The van der Waals surface area contributed by atoms with Gasteiger partial charge in [0.2, 0.25) is 5.91 Å². The molecule has 0 spiro atoms. The fourth-order valence-electron chi connectivity index (χ4n) is 3.73. The van der Waals surface area contributed by atoms with Crippen molar-refractivity contribution in [2.24, 2.45) is 0 Å². The molecule has 1 saturated carbocycles. The fraction of sp³-hybridized carbons (Fsp3) is 0.765. The van der Waals surface area contributed by atoms with Gasteiger partial charge in [0.1, 0.15) is 5.82 Å². The molecule has 2 heterocycles. The highest BCUT2D eigenvalue weighted by Crippen LogP contribution is 2.31. The zero-order chi connectivity index (χ0) is 15.4. The first-order valence-electron chi connectivity index (χ1n) is 8.84. The van der Waals surface area contributed by atoms with Gasteiger partial charge in [-0.3, -0.25) is 9.69 Å². The van der Waals surface area contributed by atoms with E-state index in [1.54, 1.807) is 6.20 Å². The number of rotatable bonds is 4. The van der Waals surface area contributed by atoms with Gasteiger partial charge >= 0.3 is 0 Å². The molecule has 1 aromatic rings. The van der Waals surface area contributed by atoms with Gasteiger partial charge < -0.3 is 5.32 Å². The molecule has 1 saturated heterocycles. The predicted molar refractivity (Wildman–Crippen MR) is 87.9 cm³/mol. The third-order valence-corrected chi connectivity index (χ3v) is 5.16. The number of aromatic nitrogens is 2. The van der Waals surface area contributed by atoms with Crippen molar-refractivity contribution in [1.82, 2.24) is 14.7 Å². The Kier molecular flexibility index (Phi) is 5.13. The van der Waals surface area contributed by atoms with E-state index >= 15 is 0 Å². The van der Waals surface area contributed by atoms with E-state index in [2.05, 4.69) is 15.3 Å². The maximum Gasteiger partial charge on any atom is 0.242 e. The van der Waals surface area contributed by atoms with Gasteiger partial charge in [0, 0.05) is 6.07 Å². The molecule has 2 aliphatic rings. The van der Waals surface area contributed by atoms with Crippen LogP contribution in [0, 0.1) is 0 Å². The minimum absolute atomic E-state index is 0.0648. The van der Waals surface area contributed by atoms with Crippen LogP contribution in [0.25, 0.3) is 0 Å². The second-order valence-electron chi connectivity index (χ2n) is 6.71. The average molecular weight is 304 g/mol. The van der Waals surface area contributed by atoms with Gasteiger partial charge in [-0.05, 0) is 45.7 Å². The molecule has 2 fully saturated rings. The minimum Gasteiger partial charge on any atom is -0.310 e. The Morgan fingerprint density at radius 3 is 2.55 bits per heavy atom. The molecule has 1 atom stereocenters. The summed E-state index contributed by atoms with van der Waals surface area (Å²) in [6.45, 7) is 4.10. The summed E-state index contributed by atoms with van der Waals surface area (Å²) in [6.07, 6.45) is 11.7. The molecule has 5 nitrogen and oxygen atoms in total. The van der Waals surface area contributed by atoms with Crippen molar-refractivity contribution >= 4 is 11.7 Å². The molecule has 1 aliphatic carbocycles. The van der Waals surface area contributed by atoms with Crippen LogP contribution in [-0.2, 0) is 4.79 Å². The highest BCUT2D eigenvalue weighted by atomic mass is 16.2. The Morgan fingerprint density at radius 2 is 1.86 bits per heavy atom. The van der Waals surface area contributed by atoms with Gasteiger partial charge in [-0.25, -0.2) is 4.68 Å². The highest BCUT2D eigenvalue weighted by molar-refractivity contribution is 5.93. The first-order valence-corrected chi connectivity index (χ1v) is 8.84. The van der Waals surface area contributed by atoms with Crippen LogP contribution in [0.4, 0.5) is 5.82 Å². The Hall–Kier alpha value is -1.36. The number of likely N-dealkylation sites (tertiary alicyclic amines) is 1. The molecule has 122 valence electrons. The standard InChI is InChI=1S/C17H28N4O/c1-14(20-12-6-2-3-7-13-20)17(22)19-16-10-11-18-21(16)15-8-4-5-9-15/h10-11,14-15H,2-9,12-13H2,1H3,(H,19,22). The van der Waals surface area contributed by atoms with E-state index in [1.807, 2.05) is 17.7 Å². The monoisotopic (exact) mass is 304 g/mol. The van der Waals surface area contributed by atoms with E-state index in [0.29, 0.717) is 6.04 Å². The Balaban J connectivity index is 1.62. The Labute approximate surface area is 133 Å². The number of hydrogen-bond acceptors (Lipinski definition) is 3. The molecule has 0 bridgehead atoms. The van der Waals surface area contributed by atoms with Gasteiger partial charge in [-0.2, -0.15) is 5.10 Å². The van der Waals surface area contributed by atoms with Crippen LogP contribution < -0.4 is 5.32 Å². The number of carbonyl (C=O) groups is 1. The fourth-order valence-corrected chi connectivity index (χ4v) is 3.73. The van der Waals surface area contributed by atoms with E-state index in [0.717, 1.165) is 18.9 Å². The summed E-state index contributed by atoms with van der Waals surface area (Å²) in [5.74, 6) is 0.959. The van der Waals surface area contributed by atoms with E-state index in [1.165, 1.54) is 51.4 Å². The largest absolute Gasteiger partial charge is 0.310 e. The van der Waals surface area contributed by atoms with Gasteiger partial charge in [-0.1, -0.05) is 25.7 Å². The second-order valence-corrected chi connectivity index (χ2v) is 6.71. The van der Waals surface area contributed by atoms with Crippen molar-refractivity contribution in [3.8, 4) is 0 Å². The molecule has 0 radical (unpaired) electrons. The van der Waals surface area contributed by atoms with Crippen LogP contribution in [0.1, 0.15) is 64.3 Å². The zero-order valence-electron chi connectivity index (χ0n) is 13.6. The number of hydrogen-bond donors (Lipinski definition) is 1. The lowest BCUT2D eigenvalue weighted by Crippen LogP contribution is -2.42. The second kappa shape index (κ2) is 7.27. The van der Waals surface area contributed by atoms with Crippen molar-refractivity contribution in [2.45, 2.75) is 70.4 Å². The number of nitrogens with one attached hydrogen (secondary N) is 1. The maximum absolute atomic E-state index is 12.6. The summed E-state index contributed by atoms with van der Waals surface area (Å²) in [6, 6.07) is 2.31. The minimum atomic E-state index is -0.0648. The average Bonchev–Trinajstić information content (AvgIpc) is 3.12. The number of nitrogens with zero attached hydrogens (tertiary/aromatic N) is 3. The molecule has 1 N–H and O–H groups in total. The SMILES string of the molecule is CC(C(=O)Nc1ccnn1C1CCCC1)N1CCCCCC1. The van der Waals surface area contributed by atoms with E-state index in [-0.39, 0.29) is 11.9 Å². The third kappa shape index (κ3) is 3.51. The first-order chi connectivity index (χ1) is 10.8. The first kappa shape index (κ1) is 15.5. The van der Waals surface area contributed by atoms with Crippen LogP contribution in [0.2, 0.25) is 0 Å². The summed E-state index contributed by atoms with van der Waals surface area (Å²) in [5.41, 5.74) is 0. The molecule has 22 heavy (non-hydrogen) atoms. The molecular weight excluding hydrogens is 276 g/mol. The molecule has 1 aromatic heterocycles. The van der Waals surface area contributed by atoms with Crippen molar-refractivity contribution in [3.63, 3.8) is 0 Å². The summed E-state index contributed by atoms with van der Waals surface area (Å²) in [5, 5.41) is 7.53. The van der Waals surface area contributed by atoms with Crippen molar-refractivity contribution in [3.05, 3.63) is 12.3 Å². The van der Waals surface area contributed by atoms with Crippen LogP contribution >= 0.6 is 0 Å². The number of carbonyl (C=O) groups excluding carboxylic acids is 1. The lowest BCUT2D eigenvalue weighted by Gasteiger charge is -2.26. The van der Waals surface area contributed by atoms with Crippen LogP contribution in [0.3, 0.4) is 0 Å². The lowest BCUT2D eigenvalue weighted by atomic mass is 10.2. The van der Waals surface area contributed by atoms with Crippen molar-refractivity contribution in [2.75, 3.05) is 18.4 Å². The molecule has 3 rings (SSSR count). The number of amides is 1. The predicted octanol–water partition coefficient (Wildman–Crippen LogP) is 3.20. The molecule has 0 aromatic carbocycles. The summed E-state index contributed by atoms with van der Waals surface area (Å²) >= 11 is 0. The maximum atomic E-state index is 12.6. The van der Waals surface area contributed by atoms with Gasteiger partial charge in [0.05, 0.1) is 18.3 Å². The molecular formula is C17H28N4O. The zero-order valence-corrected chi connectivity index (χ0v) is 13.6. The molecule has 1 aliphatic heterocycles. The Bertz CT molecular complexity index is 485.